The molecule has 1 rings (SSSR count). The Kier molecular flexibility index (Phi) is 5.82. The van der Waals surface area contributed by atoms with E-state index in [1.165, 1.54) is 18.2 Å². The molecule has 110 valence electrons. The Labute approximate surface area is 122 Å². The fraction of sp³-hybridized carbons (Fsp3) is 0.429. The highest BCUT2D eigenvalue weighted by Gasteiger charge is 2.13. The fourth-order valence-corrected chi connectivity index (χ4v) is 1.57. The number of nitrogens with one attached hydrogen (secondary N) is 1. The maximum absolute atomic E-state index is 11.6. The van der Waals surface area contributed by atoms with Gasteiger partial charge < -0.3 is 15.2 Å². The molecule has 0 aromatic heterocycles. The molecule has 1 aromatic carbocycles. The van der Waals surface area contributed by atoms with Crippen molar-refractivity contribution < 1.29 is 19.4 Å². The fourth-order valence-electron chi connectivity index (χ4n) is 1.37. The maximum Gasteiger partial charge on any atom is 0.337 e. The monoisotopic (exact) mass is 299 g/mol. The van der Waals surface area contributed by atoms with E-state index in [4.69, 9.17) is 21.4 Å². The lowest BCUT2D eigenvalue weighted by atomic mass is 10.1. The van der Waals surface area contributed by atoms with Gasteiger partial charge in [-0.05, 0) is 31.0 Å². The lowest BCUT2D eigenvalue weighted by Crippen LogP contribution is -2.38. The Morgan fingerprint density at radius 2 is 2.00 bits per heavy atom. The Bertz CT molecular complexity index is 502. The van der Waals surface area contributed by atoms with Crippen LogP contribution in [0.3, 0.4) is 0 Å². The summed E-state index contributed by atoms with van der Waals surface area (Å²) in [4.78, 5) is 22.6. The average Bonchev–Trinajstić information content (AvgIpc) is 2.37. The van der Waals surface area contributed by atoms with Crippen LogP contribution < -0.4 is 10.1 Å². The van der Waals surface area contributed by atoms with E-state index in [0.717, 1.165) is 0 Å². The zero-order chi connectivity index (χ0) is 15.3. The molecule has 0 saturated heterocycles. The number of carboxylic acids is 1. The Morgan fingerprint density at radius 3 is 2.55 bits per heavy atom. The molecule has 6 heteroatoms. The van der Waals surface area contributed by atoms with Gasteiger partial charge in [0.15, 0.2) is 6.61 Å². The van der Waals surface area contributed by atoms with E-state index >= 15 is 0 Å². The molecule has 1 unspecified atom stereocenters. The molecular formula is C14H18ClNO4. The van der Waals surface area contributed by atoms with Crippen LogP contribution in [0.25, 0.3) is 0 Å². The smallest absolute Gasteiger partial charge is 0.337 e. The first kappa shape index (κ1) is 16.3. The zero-order valence-electron chi connectivity index (χ0n) is 11.6. The molecular weight excluding hydrogens is 282 g/mol. The third kappa shape index (κ3) is 4.74. The van der Waals surface area contributed by atoms with Gasteiger partial charge in [-0.25, -0.2) is 4.79 Å². The Morgan fingerprint density at radius 1 is 1.35 bits per heavy atom. The number of carbonyl (C=O) groups excluding carboxylic acids is 1. The third-order valence-electron chi connectivity index (χ3n) is 2.93. The molecule has 0 aliphatic carbocycles. The van der Waals surface area contributed by atoms with E-state index in [1.54, 1.807) is 0 Å². The molecule has 0 radical (unpaired) electrons. The summed E-state index contributed by atoms with van der Waals surface area (Å²) in [6.45, 7) is 5.75. The summed E-state index contributed by atoms with van der Waals surface area (Å²) in [5.74, 6) is -0.774. The van der Waals surface area contributed by atoms with Crippen molar-refractivity contribution in [3.63, 3.8) is 0 Å². The number of rotatable bonds is 6. The predicted octanol–water partition coefficient (Wildman–Crippen LogP) is 2.58. The summed E-state index contributed by atoms with van der Waals surface area (Å²) in [7, 11) is 0. The third-order valence-corrected chi connectivity index (χ3v) is 3.26. The van der Waals surface area contributed by atoms with Gasteiger partial charge in [-0.15, -0.1) is 0 Å². The van der Waals surface area contributed by atoms with Gasteiger partial charge in [0, 0.05) is 6.04 Å². The molecule has 0 aliphatic heterocycles. The minimum atomic E-state index is -1.14. The first-order valence-electron chi connectivity index (χ1n) is 6.26. The minimum absolute atomic E-state index is 0.0471. The van der Waals surface area contributed by atoms with Gasteiger partial charge in [0.2, 0.25) is 0 Å². The second-order valence-corrected chi connectivity index (χ2v) is 5.24. The van der Waals surface area contributed by atoms with Gasteiger partial charge in [-0.3, -0.25) is 4.79 Å². The summed E-state index contributed by atoms with van der Waals surface area (Å²) in [6.07, 6.45) is 0. The number of carboxylic acid groups (broad SMARTS) is 1. The summed E-state index contributed by atoms with van der Waals surface area (Å²) in [6, 6.07) is 4.29. The van der Waals surface area contributed by atoms with E-state index in [9.17, 15) is 9.59 Å². The predicted molar refractivity (Wildman–Crippen MR) is 76.3 cm³/mol. The van der Waals surface area contributed by atoms with Crippen LogP contribution in [0.4, 0.5) is 0 Å². The highest BCUT2D eigenvalue weighted by molar-refractivity contribution is 6.33. The van der Waals surface area contributed by atoms with Crippen LogP contribution in [-0.2, 0) is 4.79 Å². The van der Waals surface area contributed by atoms with Crippen LogP contribution in [0.2, 0.25) is 5.02 Å². The number of amides is 1. The van der Waals surface area contributed by atoms with E-state index in [0.29, 0.717) is 11.7 Å². The second kappa shape index (κ2) is 7.14. The summed E-state index contributed by atoms with van der Waals surface area (Å²) in [5.41, 5.74) is -0.0554. The average molecular weight is 300 g/mol. The topological polar surface area (TPSA) is 75.6 Å². The van der Waals surface area contributed by atoms with Gasteiger partial charge in [-0.1, -0.05) is 25.4 Å². The number of hydrogen-bond donors (Lipinski definition) is 2. The lowest BCUT2D eigenvalue weighted by molar-refractivity contribution is -0.124. The molecule has 0 bridgehead atoms. The standard InChI is InChI=1S/C14H18ClNO4/c1-8(2)9(3)16-13(17)7-20-10-4-5-12(15)11(6-10)14(18)19/h4-6,8-9H,7H2,1-3H3,(H,16,17)(H,18,19). The molecule has 1 atom stereocenters. The van der Waals surface area contributed by atoms with Gasteiger partial charge >= 0.3 is 5.97 Å². The quantitative estimate of drug-likeness (QED) is 0.846. The van der Waals surface area contributed by atoms with Crippen LogP contribution in [0, 0.1) is 5.92 Å². The van der Waals surface area contributed by atoms with Crippen molar-refractivity contribution in [1.29, 1.82) is 0 Å². The molecule has 0 saturated carbocycles. The lowest BCUT2D eigenvalue weighted by Gasteiger charge is -2.17. The van der Waals surface area contributed by atoms with Crippen molar-refractivity contribution in [2.45, 2.75) is 26.8 Å². The first-order valence-corrected chi connectivity index (χ1v) is 6.64. The molecule has 2 N–H and O–H groups in total. The number of carbonyl (C=O) groups is 2. The van der Waals surface area contributed by atoms with Crippen molar-refractivity contribution in [2.24, 2.45) is 5.92 Å². The van der Waals surface area contributed by atoms with Crippen molar-refractivity contribution in [1.82, 2.24) is 5.32 Å². The van der Waals surface area contributed by atoms with E-state index in [1.807, 2.05) is 20.8 Å². The highest BCUT2D eigenvalue weighted by atomic mass is 35.5. The number of benzene rings is 1. The van der Waals surface area contributed by atoms with Crippen molar-refractivity contribution in [3.8, 4) is 5.75 Å². The number of aromatic carboxylic acids is 1. The van der Waals surface area contributed by atoms with Gasteiger partial charge in [0.05, 0.1) is 10.6 Å². The normalized spacial score (nSPS) is 12.1. The van der Waals surface area contributed by atoms with Gasteiger partial charge in [-0.2, -0.15) is 0 Å². The molecule has 5 nitrogen and oxygen atoms in total. The largest absolute Gasteiger partial charge is 0.484 e. The zero-order valence-corrected chi connectivity index (χ0v) is 12.4. The highest BCUT2D eigenvalue weighted by Crippen LogP contribution is 2.22. The number of ether oxygens (including phenoxy) is 1. The Balaban J connectivity index is 2.60. The summed E-state index contributed by atoms with van der Waals surface area (Å²) in [5, 5.41) is 11.8. The molecule has 0 heterocycles. The summed E-state index contributed by atoms with van der Waals surface area (Å²) < 4.78 is 5.26. The van der Waals surface area contributed by atoms with Gasteiger partial charge in [0.25, 0.3) is 5.91 Å². The number of hydrogen-bond acceptors (Lipinski definition) is 3. The van der Waals surface area contributed by atoms with Crippen LogP contribution in [0.15, 0.2) is 18.2 Å². The Hall–Kier alpha value is -1.75. The minimum Gasteiger partial charge on any atom is -0.484 e. The van der Waals surface area contributed by atoms with E-state index in [2.05, 4.69) is 5.32 Å². The second-order valence-electron chi connectivity index (χ2n) is 4.84. The number of halogens is 1. The van der Waals surface area contributed by atoms with Crippen molar-refractivity contribution in [3.05, 3.63) is 28.8 Å². The van der Waals surface area contributed by atoms with Crippen LogP contribution >= 0.6 is 11.6 Å². The van der Waals surface area contributed by atoms with Crippen molar-refractivity contribution >= 4 is 23.5 Å². The molecule has 0 fully saturated rings. The SMILES string of the molecule is CC(C)C(C)NC(=O)COc1ccc(Cl)c(C(=O)O)c1. The van der Waals surface area contributed by atoms with Crippen LogP contribution in [0.1, 0.15) is 31.1 Å². The molecule has 1 aromatic rings. The van der Waals surface area contributed by atoms with Gasteiger partial charge in [0.1, 0.15) is 5.75 Å². The van der Waals surface area contributed by atoms with Crippen molar-refractivity contribution in [2.75, 3.05) is 6.61 Å². The van der Waals surface area contributed by atoms with Crippen LogP contribution in [-0.4, -0.2) is 29.6 Å². The maximum atomic E-state index is 11.6. The first-order chi connectivity index (χ1) is 9.31. The van der Waals surface area contributed by atoms with E-state index in [-0.39, 0.29) is 29.1 Å². The molecule has 20 heavy (non-hydrogen) atoms. The molecule has 0 aliphatic rings. The summed E-state index contributed by atoms with van der Waals surface area (Å²) >= 11 is 5.74. The molecule has 0 spiro atoms. The van der Waals surface area contributed by atoms with E-state index < -0.39 is 5.97 Å². The van der Waals surface area contributed by atoms with Crippen LogP contribution in [0.5, 0.6) is 5.75 Å². The molecule has 1 amide bonds.